The van der Waals surface area contributed by atoms with Gasteiger partial charge in [0.15, 0.2) is 0 Å². The van der Waals surface area contributed by atoms with E-state index in [0.717, 1.165) is 15.8 Å². The number of rotatable bonds is 3. The molecule has 0 saturated heterocycles. The van der Waals surface area contributed by atoms with E-state index in [4.69, 9.17) is 23.2 Å². The Morgan fingerprint density at radius 1 is 1.15 bits per heavy atom. The molecule has 4 aromatic rings. The molecule has 0 aliphatic carbocycles. The van der Waals surface area contributed by atoms with Crippen LogP contribution < -0.4 is 5.56 Å². The summed E-state index contributed by atoms with van der Waals surface area (Å²) in [7, 11) is 0. The molecule has 134 valence electrons. The topological polar surface area (TPSA) is 47.2 Å². The molecule has 0 atom stereocenters. The van der Waals surface area contributed by atoms with Gasteiger partial charge in [-0.2, -0.15) is 9.78 Å². The quantitative estimate of drug-likeness (QED) is 0.415. The van der Waals surface area contributed by atoms with Crippen LogP contribution >= 0.6 is 34.5 Å². The maximum absolute atomic E-state index is 13.9. The molecule has 8 heteroatoms. The summed E-state index contributed by atoms with van der Waals surface area (Å²) in [5.74, 6) is -0.522. The first-order valence-corrected chi connectivity index (χ1v) is 9.41. The molecule has 2 aromatic carbocycles. The molecule has 0 unspecified atom stereocenters. The fourth-order valence-corrected chi connectivity index (χ4v) is 3.85. The second-order valence-electron chi connectivity index (χ2n) is 5.61. The first-order valence-electron chi connectivity index (χ1n) is 7.78. The maximum Gasteiger partial charge on any atom is 0.283 e. The van der Waals surface area contributed by atoms with E-state index in [-0.39, 0.29) is 16.1 Å². The third-order valence-electron chi connectivity index (χ3n) is 3.94. The van der Waals surface area contributed by atoms with Crippen LogP contribution in [0.15, 0.2) is 64.1 Å². The van der Waals surface area contributed by atoms with Crippen molar-refractivity contribution in [2.75, 3.05) is 0 Å². The van der Waals surface area contributed by atoms with Gasteiger partial charge in [-0.05, 0) is 29.8 Å². The van der Waals surface area contributed by atoms with Crippen molar-refractivity contribution in [1.29, 1.82) is 0 Å². The lowest BCUT2D eigenvalue weighted by Crippen LogP contribution is -2.17. The van der Waals surface area contributed by atoms with Gasteiger partial charge in [0.05, 0.1) is 16.6 Å². The second kappa shape index (κ2) is 7.23. The molecule has 0 N–H and O–H groups in total. The van der Waals surface area contributed by atoms with E-state index in [0.29, 0.717) is 15.2 Å². The molecule has 2 heterocycles. The highest BCUT2D eigenvalue weighted by Gasteiger charge is 2.13. The molecule has 4 rings (SSSR count). The lowest BCUT2D eigenvalue weighted by Gasteiger charge is -2.02. The van der Waals surface area contributed by atoms with E-state index in [9.17, 15) is 9.18 Å². The van der Waals surface area contributed by atoms with Crippen molar-refractivity contribution in [2.24, 2.45) is 5.10 Å². The molecular weight excluding hydrogens is 408 g/mol. The van der Waals surface area contributed by atoms with Crippen LogP contribution in [0.4, 0.5) is 4.39 Å². The standard InChI is InChI=1S/C19H10Cl2FN3OS/c20-12-6-4-11(5-7-12)14-9-27-18-17(14)19(26)25(10-23-18)24-8-13-15(21)2-1-3-16(13)22/h1-10H/b24-8+. The van der Waals surface area contributed by atoms with E-state index in [1.165, 1.54) is 36.0 Å². The third kappa shape index (κ3) is 3.39. The van der Waals surface area contributed by atoms with E-state index < -0.39 is 5.82 Å². The van der Waals surface area contributed by atoms with Gasteiger partial charge in [0.2, 0.25) is 0 Å². The minimum Gasteiger partial charge on any atom is -0.267 e. The summed E-state index contributed by atoms with van der Waals surface area (Å²) in [4.78, 5) is 17.8. The number of hydrogen-bond acceptors (Lipinski definition) is 4. The van der Waals surface area contributed by atoms with Crippen LogP contribution in [0.3, 0.4) is 0 Å². The van der Waals surface area contributed by atoms with Crippen LogP contribution in [-0.2, 0) is 0 Å². The monoisotopic (exact) mass is 417 g/mol. The Balaban J connectivity index is 1.83. The SMILES string of the molecule is O=c1c2c(-c3ccc(Cl)cc3)csc2ncn1/N=C/c1c(F)cccc1Cl. The molecular formula is C19H10Cl2FN3OS. The van der Waals surface area contributed by atoms with Crippen molar-refractivity contribution in [3.8, 4) is 11.1 Å². The first kappa shape index (κ1) is 17.9. The van der Waals surface area contributed by atoms with E-state index >= 15 is 0 Å². The summed E-state index contributed by atoms with van der Waals surface area (Å²) in [6.07, 6.45) is 2.51. The lowest BCUT2D eigenvalue weighted by molar-refractivity contribution is 0.625. The van der Waals surface area contributed by atoms with Crippen molar-refractivity contribution in [3.63, 3.8) is 0 Å². The number of fused-ring (bicyclic) bond motifs is 1. The highest BCUT2D eigenvalue weighted by molar-refractivity contribution is 7.17. The predicted molar refractivity (Wildman–Crippen MR) is 109 cm³/mol. The predicted octanol–water partition coefficient (Wildman–Crippen LogP) is 5.45. The zero-order valence-corrected chi connectivity index (χ0v) is 15.9. The van der Waals surface area contributed by atoms with E-state index in [1.807, 2.05) is 17.5 Å². The molecule has 0 spiro atoms. The van der Waals surface area contributed by atoms with Gasteiger partial charge in [-0.25, -0.2) is 9.37 Å². The van der Waals surface area contributed by atoms with Gasteiger partial charge in [0.25, 0.3) is 5.56 Å². The smallest absolute Gasteiger partial charge is 0.267 e. The van der Waals surface area contributed by atoms with Crippen LogP contribution in [-0.4, -0.2) is 15.9 Å². The molecule has 4 nitrogen and oxygen atoms in total. The minimum absolute atomic E-state index is 0.106. The van der Waals surface area contributed by atoms with E-state index in [2.05, 4.69) is 10.1 Å². The summed E-state index contributed by atoms with van der Waals surface area (Å²) in [5.41, 5.74) is 1.35. The van der Waals surface area contributed by atoms with Crippen molar-refractivity contribution in [3.05, 3.63) is 86.0 Å². The van der Waals surface area contributed by atoms with Crippen LogP contribution in [0.1, 0.15) is 5.56 Å². The Morgan fingerprint density at radius 3 is 2.67 bits per heavy atom. The molecule has 0 aliphatic rings. The summed E-state index contributed by atoms with van der Waals surface area (Å²) in [6, 6.07) is 11.5. The maximum atomic E-state index is 13.9. The minimum atomic E-state index is -0.522. The van der Waals surface area contributed by atoms with Gasteiger partial charge < -0.3 is 0 Å². The molecule has 0 radical (unpaired) electrons. The number of nitrogens with zero attached hydrogens (tertiary/aromatic N) is 3. The fourth-order valence-electron chi connectivity index (χ4n) is 2.60. The van der Waals surface area contributed by atoms with Gasteiger partial charge in [0, 0.05) is 21.5 Å². The number of aromatic nitrogens is 2. The molecule has 2 aromatic heterocycles. The second-order valence-corrected chi connectivity index (χ2v) is 7.31. The zero-order valence-electron chi connectivity index (χ0n) is 13.6. The Bertz CT molecular complexity index is 1210. The number of halogens is 3. The average Bonchev–Trinajstić information content (AvgIpc) is 3.08. The van der Waals surface area contributed by atoms with Gasteiger partial charge in [-0.15, -0.1) is 11.3 Å². The highest BCUT2D eigenvalue weighted by atomic mass is 35.5. The molecule has 0 fully saturated rings. The number of benzene rings is 2. The average molecular weight is 418 g/mol. The molecule has 0 saturated carbocycles. The van der Waals surface area contributed by atoms with Crippen molar-refractivity contribution in [1.82, 2.24) is 9.66 Å². The highest BCUT2D eigenvalue weighted by Crippen LogP contribution is 2.31. The normalized spacial score (nSPS) is 11.5. The molecule has 0 bridgehead atoms. The van der Waals surface area contributed by atoms with Crippen LogP contribution in [0.5, 0.6) is 0 Å². The van der Waals surface area contributed by atoms with Crippen molar-refractivity contribution < 1.29 is 4.39 Å². The largest absolute Gasteiger partial charge is 0.283 e. The van der Waals surface area contributed by atoms with E-state index in [1.54, 1.807) is 18.2 Å². The summed E-state index contributed by atoms with van der Waals surface area (Å²) in [5, 5.41) is 7.18. The van der Waals surface area contributed by atoms with Crippen molar-refractivity contribution in [2.45, 2.75) is 0 Å². The van der Waals surface area contributed by atoms with Gasteiger partial charge >= 0.3 is 0 Å². The Kier molecular flexibility index (Phi) is 4.78. The van der Waals surface area contributed by atoms with Crippen LogP contribution in [0, 0.1) is 5.82 Å². The van der Waals surface area contributed by atoms with Crippen LogP contribution in [0.2, 0.25) is 10.0 Å². The van der Waals surface area contributed by atoms with Crippen LogP contribution in [0.25, 0.3) is 21.3 Å². The van der Waals surface area contributed by atoms with Gasteiger partial charge in [-0.1, -0.05) is 41.4 Å². The molecule has 27 heavy (non-hydrogen) atoms. The van der Waals surface area contributed by atoms with Gasteiger partial charge in [-0.3, -0.25) is 4.79 Å². The number of thiophene rings is 1. The number of hydrogen-bond donors (Lipinski definition) is 0. The summed E-state index contributed by atoms with van der Waals surface area (Å²) >= 11 is 13.3. The Labute approximate surface area is 167 Å². The summed E-state index contributed by atoms with van der Waals surface area (Å²) < 4.78 is 15.0. The Hall–Kier alpha value is -2.54. The zero-order chi connectivity index (χ0) is 19.0. The lowest BCUT2D eigenvalue weighted by atomic mass is 10.1. The molecule has 0 amide bonds. The molecule has 0 aliphatic heterocycles. The summed E-state index contributed by atoms with van der Waals surface area (Å²) in [6.45, 7) is 0. The Morgan fingerprint density at radius 2 is 1.93 bits per heavy atom. The third-order valence-corrected chi connectivity index (χ3v) is 5.41. The van der Waals surface area contributed by atoms with Gasteiger partial charge in [0.1, 0.15) is 17.0 Å². The fraction of sp³-hybridized carbons (Fsp3) is 0. The first-order chi connectivity index (χ1) is 13.0. The van der Waals surface area contributed by atoms with Crippen molar-refractivity contribution >= 4 is 51.0 Å².